The van der Waals surface area contributed by atoms with Gasteiger partial charge in [-0.15, -0.1) is 11.6 Å². The van der Waals surface area contributed by atoms with Crippen molar-refractivity contribution in [2.45, 2.75) is 31.4 Å². The van der Waals surface area contributed by atoms with E-state index in [-0.39, 0.29) is 11.8 Å². The van der Waals surface area contributed by atoms with Crippen LogP contribution in [0, 0.1) is 11.6 Å². The second-order valence-corrected chi connectivity index (χ2v) is 6.99. The zero-order valence-electron chi connectivity index (χ0n) is 13.8. The van der Waals surface area contributed by atoms with Crippen LogP contribution in [0.25, 0.3) is 0 Å². The van der Waals surface area contributed by atoms with Gasteiger partial charge in [0.25, 0.3) is 0 Å². The van der Waals surface area contributed by atoms with Crippen LogP contribution in [0.4, 0.5) is 14.5 Å². The lowest BCUT2D eigenvalue weighted by molar-refractivity contribution is -0.123. The second-order valence-electron chi connectivity index (χ2n) is 6.68. The van der Waals surface area contributed by atoms with Gasteiger partial charge in [-0.3, -0.25) is 4.79 Å². The van der Waals surface area contributed by atoms with E-state index < -0.39 is 29.2 Å². The summed E-state index contributed by atoms with van der Waals surface area (Å²) in [6.45, 7) is 3.48. The van der Waals surface area contributed by atoms with Gasteiger partial charge in [-0.1, -0.05) is 18.2 Å². The molecule has 0 aliphatic carbocycles. The predicted octanol–water partition coefficient (Wildman–Crippen LogP) is 3.93. The maximum atomic E-state index is 13.8. The van der Waals surface area contributed by atoms with E-state index in [9.17, 15) is 18.7 Å². The normalized spacial score (nSPS) is 18.2. The quantitative estimate of drug-likeness (QED) is 0.834. The molecule has 0 spiro atoms. The Morgan fingerprint density at radius 1 is 1.16 bits per heavy atom. The SMILES string of the molecule is CC1(C)C(=O)N([C@@H](c2cccc(F)c2)[C@H](O)CCl)c2cc(F)ccc21. The van der Waals surface area contributed by atoms with Crippen LogP contribution in [0.2, 0.25) is 0 Å². The first kappa shape index (κ1) is 17.8. The van der Waals surface area contributed by atoms with Crippen molar-refractivity contribution in [3.63, 3.8) is 0 Å². The monoisotopic (exact) mass is 365 g/mol. The van der Waals surface area contributed by atoms with Crippen LogP contribution in [0.5, 0.6) is 0 Å². The van der Waals surface area contributed by atoms with Crippen LogP contribution in [-0.4, -0.2) is 23.0 Å². The number of nitrogens with zero attached hydrogens (tertiary/aromatic N) is 1. The maximum Gasteiger partial charge on any atom is 0.237 e. The molecule has 2 atom stereocenters. The highest BCUT2D eigenvalue weighted by Crippen LogP contribution is 2.46. The summed E-state index contributed by atoms with van der Waals surface area (Å²) >= 11 is 5.84. The third-order valence-corrected chi connectivity index (χ3v) is 4.95. The molecule has 3 rings (SSSR count). The van der Waals surface area contributed by atoms with Crippen molar-refractivity contribution in [2.75, 3.05) is 10.8 Å². The first-order valence-electron chi connectivity index (χ1n) is 7.90. The third-order valence-electron chi connectivity index (χ3n) is 4.64. The van der Waals surface area contributed by atoms with Gasteiger partial charge in [-0.2, -0.15) is 0 Å². The Balaban J connectivity index is 2.20. The van der Waals surface area contributed by atoms with Crippen molar-refractivity contribution in [1.29, 1.82) is 0 Å². The standard InChI is InChI=1S/C19H18ClF2NO2/c1-19(2)14-7-6-13(22)9-15(14)23(18(19)25)17(16(24)10-20)11-4-3-5-12(21)8-11/h3-9,16-17,24H,10H2,1-2H3/t16-,17+/m1/s1. The molecule has 0 saturated heterocycles. The van der Waals surface area contributed by atoms with Gasteiger partial charge in [0.1, 0.15) is 11.6 Å². The molecule has 0 aromatic heterocycles. The van der Waals surface area contributed by atoms with Crippen molar-refractivity contribution in [3.8, 4) is 0 Å². The molecule has 1 aliphatic heterocycles. The van der Waals surface area contributed by atoms with Gasteiger partial charge in [-0.05, 0) is 49.2 Å². The van der Waals surface area contributed by atoms with E-state index in [2.05, 4.69) is 0 Å². The Bertz CT molecular complexity index is 825. The van der Waals surface area contributed by atoms with Crippen molar-refractivity contribution in [3.05, 3.63) is 65.2 Å². The summed E-state index contributed by atoms with van der Waals surface area (Å²) in [6, 6.07) is 8.84. The first-order chi connectivity index (χ1) is 11.8. The Morgan fingerprint density at radius 3 is 2.48 bits per heavy atom. The van der Waals surface area contributed by atoms with Crippen molar-refractivity contribution in [2.24, 2.45) is 0 Å². The second kappa shape index (κ2) is 6.39. The van der Waals surface area contributed by atoms with E-state index >= 15 is 0 Å². The Labute approximate surface area is 149 Å². The average Bonchev–Trinajstić information content (AvgIpc) is 2.75. The lowest BCUT2D eigenvalue weighted by atomic mass is 9.86. The number of anilines is 1. The molecule has 132 valence electrons. The number of benzene rings is 2. The van der Waals surface area contributed by atoms with Gasteiger partial charge in [0.15, 0.2) is 0 Å². The average molecular weight is 366 g/mol. The van der Waals surface area contributed by atoms with E-state index in [0.717, 1.165) is 0 Å². The molecule has 1 amide bonds. The van der Waals surface area contributed by atoms with Gasteiger partial charge >= 0.3 is 0 Å². The van der Waals surface area contributed by atoms with Crippen LogP contribution < -0.4 is 4.90 Å². The van der Waals surface area contributed by atoms with Gasteiger partial charge in [-0.25, -0.2) is 8.78 Å². The number of amides is 1. The highest BCUT2D eigenvalue weighted by Gasteiger charge is 2.48. The lowest BCUT2D eigenvalue weighted by Crippen LogP contribution is -2.43. The van der Waals surface area contributed by atoms with Gasteiger partial charge < -0.3 is 10.0 Å². The fourth-order valence-corrected chi connectivity index (χ4v) is 3.52. The molecule has 3 nitrogen and oxygen atoms in total. The van der Waals surface area contributed by atoms with E-state index in [1.54, 1.807) is 26.0 Å². The number of alkyl halides is 1. The highest BCUT2D eigenvalue weighted by molar-refractivity contribution is 6.18. The molecule has 1 aliphatic rings. The van der Waals surface area contributed by atoms with Crippen LogP contribution >= 0.6 is 11.6 Å². The van der Waals surface area contributed by atoms with Crippen LogP contribution in [0.1, 0.15) is 31.0 Å². The number of carbonyl (C=O) groups is 1. The number of hydrogen-bond acceptors (Lipinski definition) is 2. The van der Waals surface area contributed by atoms with E-state index in [0.29, 0.717) is 16.8 Å². The topological polar surface area (TPSA) is 40.5 Å². The number of aliphatic hydroxyl groups excluding tert-OH is 1. The summed E-state index contributed by atoms with van der Waals surface area (Å²) in [5.74, 6) is -1.44. The lowest BCUT2D eigenvalue weighted by Gasteiger charge is -2.33. The zero-order chi connectivity index (χ0) is 18.4. The van der Waals surface area contributed by atoms with Gasteiger partial charge in [0, 0.05) is 0 Å². The molecule has 0 fully saturated rings. The number of hydrogen-bond donors (Lipinski definition) is 1. The Hall–Kier alpha value is -1.98. The van der Waals surface area contributed by atoms with Crippen LogP contribution in [0.15, 0.2) is 42.5 Å². The molecule has 0 saturated carbocycles. The minimum atomic E-state index is -1.14. The van der Waals surface area contributed by atoms with Crippen LogP contribution in [-0.2, 0) is 10.2 Å². The van der Waals surface area contributed by atoms with E-state index in [4.69, 9.17) is 11.6 Å². The molecule has 2 aromatic rings. The molecule has 2 aromatic carbocycles. The Morgan fingerprint density at radius 2 is 1.84 bits per heavy atom. The van der Waals surface area contributed by atoms with Crippen molar-refractivity contribution < 1.29 is 18.7 Å². The van der Waals surface area contributed by atoms with Crippen molar-refractivity contribution in [1.82, 2.24) is 0 Å². The summed E-state index contributed by atoms with van der Waals surface area (Å²) in [7, 11) is 0. The zero-order valence-corrected chi connectivity index (χ0v) is 14.6. The molecule has 1 heterocycles. The number of halogens is 3. The number of carbonyl (C=O) groups excluding carboxylic acids is 1. The number of rotatable bonds is 4. The van der Waals surface area contributed by atoms with Gasteiger partial charge in [0.05, 0.1) is 29.1 Å². The molecular formula is C19H18ClF2NO2. The molecule has 0 radical (unpaired) electrons. The summed E-state index contributed by atoms with van der Waals surface area (Å²) in [5.41, 5.74) is 0.533. The van der Waals surface area contributed by atoms with Crippen LogP contribution in [0.3, 0.4) is 0 Å². The smallest absolute Gasteiger partial charge is 0.237 e. The molecule has 25 heavy (non-hydrogen) atoms. The molecular weight excluding hydrogens is 348 g/mol. The number of aliphatic hydroxyl groups is 1. The minimum absolute atomic E-state index is 0.157. The van der Waals surface area contributed by atoms with Crippen molar-refractivity contribution >= 4 is 23.2 Å². The van der Waals surface area contributed by atoms with E-state index in [1.165, 1.54) is 35.2 Å². The fraction of sp³-hybridized carbons (Fsp3) is 0.316. The summed E-state index contributed by atoms with van der Waals surface area (Å²) in [5, 5.41) is 10.5. The first-order valence-corrected chi connectivity index (χ1v) is 8.44. The predicted molar refractivity (Wildman–Crippen MR) is 92.8 cm³/mol. The molecule has 6 heteroatoms. The highest BCUT2D eigenvalue weighted by atomic mass is 35.5. The third kappa shape index (κ3) is 2.92. The fourth-order valence-electron chi connectivity index (χ4n) is 3.35. The van der Waals surface area contributed by atoms with Gasteiger partial charge in [0.2, 0.25) is 5.91 Å². The molecule has 1 N–H and O–H groups in total. The minimum Gasteiger partial charge on any atom is -0.389 e. The summed E-state index contributed by atoms with van der Waals surface area (Å²) in [6.07, 6.45) is -1.14. The maximum absolute atomic E-state index is 13.8. The van der Waals surface area contributed by atoms with E-state index in [1.807, 2.05) is 0 Å². The number of fused-ring (bicyclic) bond motifs is 1. The molecule has 0 bridgehead atoms. The molecule has 0 unspecified atom stereocenters. The largest absolute Gasteiger partial charge is 0.389 e. The summed E-state index contributed by atoms with van der Waals surface area (Å²) < 4.78 is 27.6. The summed E-state index contributed by atoms with van der Waals surface area (Å²) in [4.78, 5) is 14.4. The Kier molecular flexibility index (Phi) is 4.56.